The standard InChI is InChI=1S/C4Br4/c5-3(6)1-2-4(7)8. The van der Waals surface area contributed by atoms with Crippen molar-refractivity contribution in [3.05, 3.63) is 18.2 Å². The first-order chi connectivity index (χ1) is 3.63. The maximum absolute atomic E-state index is 3.11. The van der Waals surface area contributed by atoms with E-state index in [2.05, 4.69) is 75.2 Å². The van der Waals surface area contributed by atoms with Crippen molar-refractivity contribution in [2.75, 3.05) is 0 Å². The van der Waals surface area contributed by atoms with Gasteiger partial charge in [0, 0.05) is 0 Å². The molecule has 0 aromatic carbocycles. The lowest BCUT2D eigenvalue weighted by atomic mass is 10.9. The summed E-state index contributed by atoms with van der Waals surface area (Å²) in [7, 11) is 0. The van der Waals surface area contributed by atoms with E-state index in [1.165, 1.54) is 0 Å². The largest absolute Gasteiger partial charge is 0.110 e. The molecule has 0 radical (unpaired) electrons. The van der Waals surface area contributed by atoms with E-state index >= 15 is 0 Å². The molecule has 0 heterocycles. The summed E-state index contributed by atoms with van der Waals surface area (Å²) in [6.45, 7) is 0. The molecule has 0 aromatic rings. The lowest BCUT2D eigenvalue weighted by Crippen LogP contribution is -1.36. The summed E-state index contributed by atoms with van der Waals surface area (Å²) in [5.41, 5.74) is 5.43. The predicted molar refractivity (Wildman–Crippen MR) is 49.8 cm³/mol. The van der Waals surface area contributed by atoms with Crippen LogP contribution in [-0.4, -0.2) is 0 Å². The second-order valence-electron chi connectivity index (χ2n) is 0.771. The third-order valence-corrected chi connectivity index (χ3v) is 1.04. The molecular formula is C4Br4. The van der Waals surface area contributed by atoms with Gasteiger partial charge in [0.1, 0.15) is 6.78 Å². The lowest BCUT2D eigenvalue weighted by Gasteiger charge is -1.66. The van der Waals surface area contributed by atoms with Gasteiger partial charge in [0.25, 0.3) is 0 Å². The van der Waals surface area contributed by atoms with Gasteiger partial charge in [-0.2, -0.15) is 0 Å². The van der Waals surface area contributed by atoms with Crippen LogP contribution in [0.25, 0.3) is 0 Å². The van der Waals surface area contributed by atoms with Gasteiger partial charge in [-0.25, -0.2) is 0 Å². The van der Waals surface area contributed by atoms with Crippen molar-refractivity contribution in [2.24, 2.45) is 0 Å². The molecule has 0 spiro atoms. The maximum Gasteiger partial charge on any atom is 0.110 e. The van der Waals surface area contributed by atoms with Crippen LogP contribution in [0.3, 0.4) is 0 Å². The lowest BCUT2D eigenvalue weighted by molar-refractivity contribution is 2.27. The van der Waals surface area contributed by atoms with Crippen molar-refractivity contribution < 1.29 is 0 Å². The van der Waals surface area contributed by atoms with Crippen molar-refractivity contribution in [1.29, 1.82) is 0 Å². The van der Waals surface area contributed by atoms with Crippen LogP contribution in [0.4, 0.5) is 0 Å². The zero-order chi connectivity index (χ0) is 6.57. The van der Waals surface area contributed by atoms with Crippen LogP contribution in [0.2, 0.25) is 0 Å². The quantitative estimate of drug-likeness (QED) is 0.568. The number of halogens is 4. The average molecular weight is 368 g/mol. The normalized spacial score (nSPS) is 7.00. The third-order valence-electron chi connectivity index (χ3n) is 0.251. The Morgan fingerprint density at radius 1 is 0.750 bits per heavy atom. The van der Waals surface area contributed by atoms with Gasteiger partial charge in [0.2, 0.25) is 0 Å². The fourth-order valence-electron chi connectivity index (χ4n) is 0.0945. The van der Waals surface area contributed by atoms with Crippen molar-refractivity contribution in [3.63, 3.8) is 0 Å². The molecule has 0 fully saturated rings. The highest BCUT2D eigenvalue weighted by Crippen LogP contribution is 2.13. The Morgan fingerprint density at radius 2 is 1.00 bits per heavy atom. The van der Waals surface area contributed by atoms with Gasteiger partial charge in [0.15, 0.2) is 0 Å². The summed E-state index contributed by atoms with van der Waals surface area (Å²) >= 11 is 12.4. The first-order valence-electron chi connectivity index (χ1n) is 1.51. The molecule has 0 amide bonds. The highest BCUT2D eigenvalue weighted by Gasteiger charge is 1.73. The van der Waals surface area contributed by atoms with Gasteiger partial charge in [-0.1, -0.05) is 0 Å². The molecule has 0 N–H and O–H groups in total. The van der Waals surface area contributed by atoms with E-state index in [1.54, 1.807) is 0 Å². The summed E-state index contributed by atoms with van der Waals surface area (Å²) in [6, 6.07) is 0. The summed E-state index contributed by atoms with van der Waals surface area (Å²) in [6.07, 6.45) is 0. The van der Waals surface area contributed by atoms with Crippen LogP contribution >= 0.6 is 63.7 Å². The fourth-order valence-corrected chi connectivity index (χ4v) is 0.491. The van der Waals surface area contributed by atoms with Crippen molar-refractivity contribution >= 4 is 63.7 Å². The first-order valence-corrected chi connectivity index (χ1v) is 4.68. The SMILES string of the molecule is BrC(Br)=C=C=C(Br)Br. The Balaban J connectivity index is 4.47. The zero-order valence-electron chi connectivity index (χ0n) is 3.51. The Kier molecular flexibility index (Phi) is 5.81. The van der Waals surface area contributed by atoms with E-state index in [0.717, 1.165) is 6.78 Å². The molecule has 0 saturated heterocycles. The molecule has 4 heteroatoms. The van der Waals surface area contributed by atoms with E-state index < -0.39 is 0 Å². The Labute approximate surface area is 81.2 Å². The van der Waals surface area contributed by atoms with Crippen molar-refractivity contribution in [1.82, 2.24) is 0 Å². The van der Waals surface area contributed by atoms with Gasteiger partial charge < -0.3 is 0 Å². The van der Waals surface area contributed by atoms with Gasteiger partial charge >= 0.3 is 0 Å². The Morgan fingerprint density at radius 3 is 1.12 bits per heavy atom. The van der Waals surface area contributed by atoms with Gasteiger partial charge in [0.05, 0.1) is 0 Å². The molecule has 0 aliphatic heterocycles. The van der Waals surface area contributed by atoms with E-state index in [1.807, 2.05) is 0 Å². The maximum atomic E-state index is 3.11. The van der Waals surface area contributed by atoms with Crippen LogP contribution in [0.5, 0.6) is 0 Å². The fraction of sp³-hybridized carbons (Fsp3) is 0. The summed E-state index contributed by atoms with van der Waals surface area (Å²) in [5.74, 6) is 0. The molecule has 0 nitrogen and oxygen atoms in total. The molecule has 0 unspecified atom stereocenters. The van der Waals surface area contributed by atoms with Crippen molar-refractivity contribution in [2.45, 2.75) is 0 Å². The minimum atomic E-state index is 0.737. The van der Waals surface area contributed by atoms with Crippen LogP contribution in [0, 0.1) is 0 Å². The predicted octanol–water partition coefficient (Wildman–Crippen LogP) is 4.00. The second-order valence-corrected chi connectivity index (χ2v) is 6.07. The van der Waals surface area contributed by atoms with Gasteiger partial charge in [-0.05, 0) is 75.2 Å². The molecule has 0 aromatic heterocycles. The minimum Gasteiger partial charge on any atom is -0.0452 e. The van der Waals surface area contributed by atoms with Crippen LogP contribution in [-0.2, 0) is 0 Å². The van der Waals surface area contributed by atoms with E-state index in [-0.39, 0.29) is 0 Å². The first kappa shape index (κ1) is 9.22. The molecule has 44 valence electrons. The minimum absolute atomic E-state index is 0.737. The third kappa shape index (κ3) is 7.22. The molecular weight excluding hydrogens is 368 g/mol. The van der Waals surface area contributed by atoms with Crippen LogP contribution in [0.1, 0.15) is 0 Å². The summed E-state index contributed by atoms with van der Waals surface area (Å²) in [4.78, 5) is 0. The Hall–Kier alpha value is 1.22. The highest BCUT2D eigenvalue weighted by molar-refractivity contribution is 9.28. The van der Waals surface area contributed by atoms with E-state index in [4.69, 9.17) is 0 Å². The van der Waals surface area contributed by atoms with Crippen molar-refractivity contribution in [3.8, 4) is 0 Å². The monoisotopic (exact) mass is 364 g/mol. The molecule has 0 atom stereocenters. The van der Waals surface area contributed by atoms with Crippen LogP contribution < -0.4 is 0 Å². The molecule has 8 heavy (non-hydrogen) atoms. The topological polar surface area (TPSA) is 0 Å². The smallest absolute Gasteiger partial charge is 0.0452 e. The number of hydrogen-bond acceptors (Lipinski definition) is 0. The van der Waals surface area contributed by atoms with E-state index in [0.29, 0.717) is 0 Å². The molecule has 0 saturated carbocycles. The molecule has 0 bridgehead atoms. The molecule has 0 aliphatic carbocycles. The van der Waals surface area contributed by atoms with Gasteiger partial charge in [-0.15, -0.1) is 0 Å². The highest BCUT2D eigenvalue weighted by atomic mass is 79.9. The average Bonchev–Trinajstić information content (AvgIpc) is 1.61. The summed E-state index contributed by atoms with van der Waals surface area (Å²) in [5, 5.41) is 0. The van der Waals surface area contributed by atoms with E-state index in [9.17, 15) is 0 Å². The summed E-state index contributed by atoms with van der Waals surface area (Å²) < 4.78 is 1.47. The van der Waals surface area contributed by atoms with Gasteiger partial charge in [-0.3, -0.25) is 0 Å². The number of hydrogen-bond donors (Lipinski definition) is 0. The second kappa shape index (κ2) is 5.04. The number of rotatable bonds is 0. The Bertz CT molecular complexity index is 140. The van der Waals surface area contributed by atoms with Crippen LogP contribution in [0.15, 0.2) is 18.2 Å². The molecule has 0 rings (SSSR count). The molecule has 0 aliphatic rings. The zero-order valence-corrected chi connectivity index (χ0v) is 9.86.